The van der Waals surface area contributed by atoms with E-state index in [1.54, 1.807) is 0 Å². The molecule has 2 fully saturated rings. The van der Waals surface area contributed by atoms with Gasteiger partial charge in [-0.3, -0.25) is 9.59 Å². The SMILES string of the molecule is O=C1CC[C@]2(C(=O)O)CCCC[C@H]2C1. The minimum absolute atomic E-state index is 0.120. The van der Waals surface area contributed by atoms with Gasteiger partial charge in [0.15, 0.2) is 0 Å². The van der Waals surface area contributed by atoms with E-state index in [0.717, 1.165) is 25.7 Å². The van der Waals surface area contributed by atoms with E-state index in [0.29, 0.717) is 19.3 Å². The van der Waals surface area contributed by atoms with Crippen molar-refractivity contribution >= 4 is 11.8 Å². The Labute approximate surface area is 83.5 Å². The highest BCUT2D eigenvalue weighted by Gasteiger charge is 2.49. The molecule has 2 saturated carbocycles. The molecule has 0 heterocycles. The van der Waals surface area contributed by atoms with Crippen molar-refractivity contribution in [3.05, 3.63) is 0 Å². The molecular weight excluding hydrogens is 180 g/mol. The van der Waals surface area contributed by atoms with E-state index in [-0.39, 0.29) is 11.7 Å². The van der Waals surface area contributed by atoms with Gasteiger partial charge in [-0.1, -0.05) is 12.8 Å². The molecule has 0 amide bonds. The molecule has 3 nitrogen and oxygen atoms in total. The number of fused-ring (bicyclic) bond motifs is 1. The Balaban J connectivity index is 2.24. The lowest BCUT2D eigenvalue weighted by Crippen LogP contribution is -2.45. The molecule has 0 bridgehead atoms. The third-order valence-electron chi connectivity index (χ3n) is 3.96. The summed E-state index contributed by atoms with van der Waals surface area (Å²) < 4.78 is 0. The fourth-order valence-corrected chi connectivity index (χ4v) is 3.07. The molecule has 2 aliphatic rings. The number of carbonyl (C=O) groups excluding carboxylic acids is 1. The zero-order chi connectivity index (χ0) is 10.2. The Morgan fingerprint density at radius 3 is 2.86 bits per heavy atom. The topological polar surface area (TPSA) is 54.4 Å². The third-order valence-corrected chi connectivity index (χ3v) is 3.96. The second-order valence-electron chi connectivity index (χ2n) is 4.65. The molecular formula is C11H16O3. The second kappa shape index (κ2) is 3.37. The van der Waals surface area contributed by atoms with Gasteiger partial charge >= 0.3 is 5.97 Å². The molecule has 14 heavy (non-hydrogen) atoms. The maximum absolute atomic E-state index is 11.3. The van der Waals surface area contributed by atoms with Crippen molar-refractivity contribution in [3.63, 3.8) is 0 Å². The van der Waals surface area contributed by atoms with Crippen LogP contribution in [0.3, 0.4) is 0 Å². The number of rotatable bonds is 1. The molecule has 78 valence electrons. The third kappa shape index (κ3) is 1.35. The maximum atomic E-state index is 11.3. The van der Waals surface area contributed by atoms with Crippen LogP contribution >= 0.6 is 0 Å². The summed E-state index contributed by atoms with van der Waals surface area (Å²) in [6.07, 6.45) is 5.36. The number of carbonyl (C=O) groups is 2. The van der Waals surface area contributed by atoms with Crippen LogP contribution in [0.5, 0.6) is 0 Å². The van der Waals surface area contributed by atoms with Crippen LogP contribution in [0, 0.1) is 11.3 Å². The van der Waals surface area contributed by atoms with Crippen LogP contribution in [-0.2, 0) is 9.59 Å². The van der Waals surface area contributed by atoms with Crippen molar-refractivity contribution in [1.82, 2.24) is 0 Å². The number of aliphatic carboxylic acids is 1. The molecule has 1 N–H and O–H groups in total. The highest BCUT2D eigenvalue weighted by atomic mass is 16.4. The average Bonchev–Trinajstić information content (AvgIpc) is 2.17. The van der Waals surface area contributed by atoms with Crippen molar-refractivity contribution in [3.8, 4) is 0 Å². The normalized spacial score (nSPS) is 37.7. The number of hydrogen-bond acceptors (Lipinski definition) is 2. The van der Waals surface area contributed by atoms with Gasteiger partial charge in [0.25, 0.3) is 0 Å². The summed E-state index contributed by atoms with van der Waals surface area (Å²) in [6.45, 7) is 0. The lowest BCUT2D eigenvalue weighted by atomic mass is 9.59. The molecule has 0 unspecified atom stereocenters. The van der Waals surface area contributed by atoms with E-state index in [1.807, 2.05) is 0 Å². The largest absolute Gasteiger partial charge is 0.481 e. The van der Waals surface area contributed by atoms with Gasteiger partial charge in [-0.15, -0.1) is 0 Å². The molecule has 2 atom stereocenters. The predicted molar refractivity (Wildman–Crippen MR) is 50.9 cm³/mol. The Bertz CT molecular complexity index is 272. The molecule has 2 aliphatic carbocycles. The summed E-state index contributed by atoms with van der Waals surface area (Å²) in [5.41, 5.74) is -0.549. The molecule has 0 aromatic carbocycles. The van der Waals surface area contributed by atoms with Crippen LogP contribution in [0.25, 0.3) is 0 Å². The van der Waals surface area contributed by atoms with Crippen molar-refractivity contribution < 1.29 is 14.7 Å². The first kappa shape index (κ1) is 9.69. The maximum Gasteiger partial charge on any atom is 0.309 e. The van der Waals surface area contributed by atoms with E-state index >= 15 is 0 Å². The summed E-state index contributed by atoms with van der Waals surface area (Å²) in [5, 5.41) is 9.30. The zero-order valence-corrected chi connectivity index (χ0v) is 8.29. The van der Waals surface area contributed by atoms with Gasteiger partial charge in [-0.25, -0.2) is 0 Å². The summed E-state index contributed by atoms with van der Waals surface area (Å²) in [4.78, 5) is 22.6. The van der Waals surface area contributed by atoms with Gasteiger partial charge in [-0.2, -0.15) is 0 Å². The van der Waals surface area contributed by atoms with E-state index in [2.05, 4.69) is 0 Å². The number of carboxylic acids is 1. The first-order chi connectivity index (χ1) is 6.65. The van der Waals surface area contributed by atoms with E-state index in [1.165, 1.54) is 0 Å². The van der Waals surface area contributed by atoms with Gasteiger partial charge in [0.05, 0.1) is 5.41 Å². The second-order valence-corrected chi connectivity index (χ2v) is 4.65. The molecule has 0 aliphatic heterocycles. The fraction of sp³-hybridized carbons (Fsp3) is 0.818. The van der Waals surface area contributed by atoms with Crippen LogP contribution < -0.4 is 0 Å². The predicted octanol–water partition coefficient (Wildman–Crippen LogP) is 2.00. The Hall–Kier alpha value is -0.860. The molecule has 0 aromatic heterocycles. The highest BCUT2D eigenvalue weighted by Crippen LogP contribution is 2.49. The lowest BCUT2D eigenvalue weighted by Gasteiger charge is -2.43. The monoisotopic (exact) mass is 196 g/mol. The Kier molecular flexibility index (Phi) is 2.33. The smallest absolute Gasteiger partial charge is 0.309 e. The molecule has 2 rings (SSSR count). The first-order valence-electron chi connectivity index (χ1n) is 5.40. The van der Waals surface area contributed by atoms with Crippen molar-refractivity contribution in [2.75, 3.05) is 0 Å². The van der Waals surface area contributed by atoms with Gasteiger partial charge in [-0.05, 0) is 25.2 Å². The van der Waals surface area contributed by atoms with Gasteiger partial charge in [0.1, 0.15) is 5.78 Å². The van der Waals surface area contributed by atoms with Crippen LogP contribution in [0.2, 0.25) is 0 Å². The Morgan fingerprint density at radius 1 is 1.36 bits per heavy atom. The van der Waals surface area contributed by atoms with Gasteiger partial charge < -0.3 is 5.11 Å². The van der Waals surface area contributed by atoms with Crippen LogP contribution in [-0.4, -0.2) is 16.9 Å². The number of Topliss-reactive ketones (excluding diaryl/α,β-unsaturated/α-hetero) is 1. The van der Waals surface area contributed by atoms with Crippen molar-refractivity contribution in [2.24, 2.45) is 11.3 Å². The minimum atomic E-state index is -0.672. The molecule has 3 heteroatoms. The number of carboxylic acid groups (broad SMARTS) is 1. The van der Waals surface area contributed by atoms with E-state index in [9.17, 15) is 14.7 Å². The van der Waals surface area contributed by atoms with Crippen molar-refractivity contribution in [2.45, 2.75) is 44.9 Å². The number of hydrogen-bond donors (Lipinski definition) is 1. The summed E-state index contributed by atoms with van der Waals surface area (Å²) >= 11 is 0. The summed E-state index contributed by atoms with van der Waals surface area (Å²) in [7, 11) is 0. The molecule has 0 radical (unpaired) electrons. The van der Waals surface area contributed by atoms with Crippen molar-refractivity contribution in [1.29, 1.82) is 0 Å². The zero-order valence-electron chi connectivity index (χ0n) is 8.29. The van der Waals surface area contributed by atoms with Crippen LogP contribution in [0.1, 0.15) is 44.9 Å². The van der Waals surface area contributed by atoms with E-state index in [4.69, 9.17) is 0 Å². The van der Waals surface area contributed by atoms with E-state index < -0.39 is 11.4 Å². The molecule has 0 spiro atoms. The molecule has 0 aromatic rings. The highest BCUT2D eigenvalue weighted by molar-refractivity contribution is 5.84. The molecule has 0 saturated heterocycles. The Morgan fingerprint density at radius 2 is 2.14 bits per heavy atom. The first-order valence-corrected chi connectivity index (χ1v) is 5.40. The fourth-order valence-electron chi connectivity index (χ4n) is 3.07. The minimum Gasteiger partial charge on any atom is -0.481 e. The summed E-state index contributed by atoms with van der Waals surface area (Å²) in [5.74, 6) is -0.293. The average molecular weight is 196 g/mol. The van der Waals surface area contributed by atoms with Crippen LogP contribution in [0.4, 0.5) is 0 Å². The lowest BCUT2D eigenvalue weighted by molar-refractivity contribution is -0.159. The quantitative estimate of drug-likeness (QED) is 0.697. The standard InChI is InChI=1S/C11H16O3/c12-9-4-6-11(10(13)14)5-2-1-3-8(11)7-9/h8H,1-7H2,(H,13,14)/t8-,11+/m0/s1. The number of ketones is 1. The summed E-state index contributed by atoms with van der Waals surface area (Å²) in [6, 6.07) is 0. The van der Waals surface area contributed by atoms with Gasteiger partial charge in [0, 0.05) is 12.8 Å². The van der Waals surface area contributed by atoms with Crippen LogP contribution in [0.15, 0.2) is 0 Å². The van der Waals surface area contributed by atoms with Gasteiger partial charge in [0.2, 0.25) is 0 Å².